The van der Waals surface area contributed by atoms with Crippen LogP contribution in [0.25, 0.3) is 0 Å². The van der Waals surface area contributed by atoms with E-state index in [1.807, 2.05) is 32.1 Å². The van der Waals surface area contributed by atoms with E-state index in [0.29, 0.717) is 12.0 Å². The van der Waals surface area contributed by atoms with Crippen LogP contribution in [0.5, 0.6) is 0 Å². The molecule has 126 valence electrons. The van der Waals surface area contributed by atoms with E-state index in [0.717, 1.165) is 31.3 Å². The Kier molecular flexibility index (Phi) is 5.64. The maximum absolute atomic E-state index is 11.8. The molecule has 3 heteroatoms. The van der Waals surface area contributed by atoms with Gasteiger partial charge in [0.2, 0.25) is 0 Å². The average molecular weight is 316 g/mol. The fourth-order valence-corrected chi connectivity index (χ4v) is 3.15. The minimum absolute atomic E-state index is 0.0656. The second kappa shape index (κ2) is 7.31. The summed E-state index contributed by atoms with van der Waals surface area (Å²) in [7, 11) is 0. The van der Waals surface area contributed by atoms with Crippen molar-refractivity contribution in [3.63, 3.8) is 0 Å². The lowest BCUT2D eigenvalue weighted by atomic mass is 9.88. The quantitative estimate of drug-likeness (QED) is 0.413. The smallest absolute Gasteiger partial charge is 0.334 e. The highest BCUT2D eigenvalue weighted by atomic mass is 16.5. The van der Waals surface area contributed by atoms with Crippen LogP contribution in [0.4, 0.5) is 0 Å². The summed E-state index contributed by atoms with van der Waals surface area (Å²) in [6.07, 6.45) is 12.0. The molecule has 1 fully saturated rings. The summed E-state index contributed by atoms with van der Waals surface area (Å²) >= 11 is 0. The molecule has 1 N–H and O–H groups in total. The van der Waals surface area contributed by atoms with Crippen LogP contribution in [-0.2, 0) is 9.53 Å². The lowest BCUT2D eigenvalue weighted by Gasteiger charge is -2.19. The molecule has 1 aliphatic heterocycles. The normalized spacial score (nSPS) is 39.3. The van der Waals surface area contributed by atoms with E-state index in [9.17, 15) is 9.90 Å². The Morgan fingerprint density at radius 3 is 2.83 bits per heavy atom. The third kappa shape index (κ3) is 4.93. The maximum Gasteiger partial charge on any atom is 0.334 e. The highest BCUT2D eigenvalue weighted by Gasteiger charge is 2.36. The molecule has 0 radical (unpaired) electrons. The summed E-state index contributed by atoms with van der Waals surface area (Å²) < 4.78 is 5.48. The van der Waals surface area contributed by atoms with Crippen molar-refractivity contribution in [1.82, 2.24) is 0 Å². The van der Waals surface area contributed by atoms with Gasteiger partial charge in [0.1, 0.15) is 6.10 Å². The Morgan fingerprint density at radius 1 is 1.35 bits per heavy atom. The summed E-state index contributed by atoms with van der Waals surface area (Å²) in [6, 6.07) is 0. The molecule has 23 heavy (non-hydrogen) atoms. The third-order valence-electron chi connectivity index (χ3n) is 4.71. The minimum Gasteiger partial charge on any atom is -0.454 e. The molecule has 3 nitrogen and oxygen atoms in total. The van der Waals surface area contributed by atoms with Gasteiger partial charge in [0.15, 0.2) is 0 Å². The van der Waals surface area contributed by atoms with Crippen molar-refractivity contribution in [1.29, 1.82) is 0 Å². The first kappa shape index (κ1) is 17.7. The topological polar surface area (TPSA) is 46.5 Å². The molecule has 0 saturated carbocycles. The highest BCUT2D eigenvalue weighted by molar-refractivity contribution is 5.91. The molecule has 3 atom stereocenters. The van der Waals surface area contributed by atoms with Crippen molar-refractivity contribution in [3.8, 4) is 0 Å². The van der Waals surface area contributed by atoms with Gasteiger partial charge in [-0.05, 0) is 59.0 Å². The number of hydrogen-bond acceptors (Lipinski definition) is 3. The lowest BCUT2D eigenvalue weighted by molar-refractivity contribution is -0.137. The van der Waals surface area contributed by atoms with Gasteiger partial charge in [0.05, 0.1) is 5.60 Å². The van der Waals surface area contributed by atoms with Gasteiger partial charge in [-0.15, -0.1) is 0 Å². The zero-order valence-corrected chi connectivity index (χ0v) is 14.5. The molecule has 0 unspecified atom stereocenters. The Morgan fingerprint density at radius 2 is 2.09 bits per heavy atom. The number of esters is 1. The van der Waals surface area contributed by atoms with Crippen molar-refractivity contribution in [2.24, 2.45) is 5.92 Å². The molecule has 1 heterocycles. The van der Waals surface area contributed by atoms with Crippen LogP contribution in [0.3, 0.4) is 0 Å². The molecule has 0 aromatic carbocycles. The van der Waals surface area contributed by atoms with Crippen LogP contribution in [-0.4, -0.2) is 22.8 Å². The number of rotatable bonds is 0. The first-order valence-corrected chi connectivity index (χ1v) is 8.41. The highest BCUT2D eigenvalue weighted by Crippen LogP contribution is 2.33. The van der Waals surface area contributed by atoms with Crippen LogP contribution >= 0.6 is 0 Å². The molecular formula is C20H28O3. The summed E-state index contributed by atoms with van der Waals surface area (Å²) in [5, 5.41) is 10.4. The third-order valence-corrected chi connectivity index (χ3v) is 4.71. The summed E-state index contributed by atoms with van der Waals surface area (Å²) in [4.78, 5) is 11.8. The van der Waals surface area contributed by atoms with Gasteiger partial charge in [-0.2, -0.15) is 0 Å². The van der Waals surface area contributed by atoms with Crippen LogP contribution in [0.2, 0.25) is 0 Å². The Hall–Kier alpha value is -1.61. The van der Waals surface area contributed by atoms with E-state index in [1.165, 1.54) is 5.57 Å². The van der Waals surface area contributed by atoms with Crippen molar-refractivity contribution >= 4 is 5.97 Å². The number of ether oxygens (including phenoxy) is 1. The van der Waals surface area contributed by atoms with Gasteiger partial charge in [-0.25, -0.2) is 4.79 Å². The maximum atomic E-state index is 11.8. The van der Waals surface area contributed by atoms with Gasteiger partial charge in [0, 0.05) is 11.5 Å². The Bertz CT molecular complexity index is 563. The summed E-state index contributed by atoms with van der Waals surface area (Å²) in [5.74, 6) is -0.204. The van der Waals surface area contributed by atoms with E-state index in [1.54, 1.807) is 0 Å². The molecular weight excluding hydrogens is 288 g/mol. The first-order chi connectivity index (χ1) is 10.8. The SMILES string of the molecule is C=C1C(=O)O[C@H]2/C=C(/C)C/C=C/[C@@](C)(O)CC/C=C(/C)CC[C@@H]12. The standard InChI is InChI=1S/C20H28O3/c1-14-7-5-11-20(4,22)12-6-8-15(2)13-18-17(10-9-14)16(3)19(21)23-18/h6-7,12-13,17-18,22H,3,5,8-11H2,1-2,4H3/b12-6+,14-7-,15-13-/t17-,18-,20-/m0/s1. The van der Waals surface area contributed by atoms with E-state index >= 15 is 0 Å². The number of aliphatic hydroxyl groups is 1. The number of fused-ring (bicyclic) bond motifs is 1. The van der Waals surface area contributed by atoms with E-state index in [-0.39, 0.29) is 18.0 Å². The zero-order valence-electron chi connectivity index (χ0n) is 14.5. The van der Waals surface area contributed by atoms with Crippen LogP contribution in [0, 0.1) is 5.92 Å². The molecule has 1 aliphatic carbocycles. The van der Waals surface area contributed by atoms with Crippen molar-refractivity contribution < 1.29 is 14.6 Å². The van der Waals surface area contributed by atoms with Crippen LogP contribution < -0.4 is 0 Å². The van der Waals surface area contributed by atoms with E-state index in [2.05, 4.69) is 19.6 Å². The predicted molar refractivity (Wildman–Crippen MR) is 92.9 cm³/mol. The second-order valence-electron chi connectivity index (χ2n) is 7.11. The van der Waals surface area contributed by atoms with E-state index in [4.69, 9.17) is 4.74 Å². The largest absolute Gasteiger partial charge is 0.454 e. The molecule has 0 amide bonds. The van der Waals surface area contributed by atoms with Gasteiger partial charge >= 0.3 is 5.97 Å². The molecule has 0 spiro atoms. The molecule has 0 bridgehead atoms. The molecule has 0 aromatic heterocycles. The average Bonchev–Trinajstić information content (AvgIpc) is 2.70. The Labute approximate surface area is 139 Å². The van der Waals surface area contributed by atoms with Crippen molar-refractivity contribution in [2.45, 2.75) is 64.6 Å². The number of carbonyl (C=O) groups is 1. The Balaban J connectivity index is 2.24. The predicted octanol–water partition coefficient (Wildman–Crippen LogP) is 4.25. The minimum atomic E-state index is -0.780. The van der Waals surface area contributed by atoms with E-state index < -0.39 is 5.60 Å². The lowest BCUT2D eigenvalue weighted by Crippen LogP contribution is -2.20. The number of carbonyl (C=O) groups excluding carboxylic acids is 1. The van der Waals surface area contributed by atoms with Gasteiger partial charge in [-0.1, -0.05) is 36.0 Å². The molecule has 2 rings (SSSR count). The fraction of sp³-hybridized carbons (Fsp3) is 0.550. The molecule has 1 saturated heterocycles. The zero-order chi connectivity index (χ0) is 17.0. The monoisotopic (exact) mass is 316 g/mol. The fourth-order valence-electron chi connectivity index (χ4n) is 3.15. The second-order valence-corrected chi connectivity index (χ2v) is 7.11. The van der Waals surface area contributed by atoms with Crippen molar-refractivity contribution in [3.05, 3.63) is 47.6 Å². The summed E-state index contributed by atoms with van der Waals surface area (Å²) in [6.45, 7) is 9.90. The van der Waals surface area contributed by atoms with Gasteiger partial charge in [0.25, 0.3) is 0 Å². The van der Waals surface area contributed by atoms with Crippen LogP contribution in [0.15, 0.2) is 47.6 Å². The van der Waals surface area contributed by atoms with Gasteiger partial charge < -0.3 is 9.84 Å². The van der Waals surface area contributed by atoms with Gasteiger partial charge in [-0.3, -0.25) is 0 Å². The summed E-state index contributed by atoms with van der Waals surface area (Å²) in [5.41, 5.74) is 2.24. The van der Waals surface area contributed by atoms with Crippen LogP contribution in [0.1, 0.15) is 52.9 Å². The first-order valence-electron chi connectivity index (χ1n) is 8.41. The molecule has 2 aliphatic rings. The number of allylic oxidation sites excluding steroid dienone is 4. The number of hydrogen-bond donors (Lipinski definition) is 1. The van der Waals surface area contributed by atoms with Crippen molar-refractivity contribution in [2.75, 3.05) is 0 Å². The molecule has 0 aromatic rings.